The maximum atomic E-state index is 13.5. The van der Waals surface area contributed by atoms with Gasteiger partial charge in [0.1, 0.15) is 24.2 Å². The molecule has 0 spiro atoms. The molecule has 36 heavy (non-hydrogen) atoms. The summed E-state index contributed by atoms with van der Waals surface area (Å²) in [7, 11) is 0. The molecule has 0 unspecified atom stereocenters. The van der Waals surface area contributed by atoms with Crippen molar-refractivity contribution in [3.05, 3.63) is 73.9 Å². The van der Waals surface area contributed by atoms with E-state index in [1.165, 1.54) is 4.57 Å². The highest BCUT2D eigenvalue weighted by molar-refractivity contribution is 6.33. The molecule has 186 valence electrons. The average Bonchev–Trinajstić information content (AvgIpc) is 3.49. The number of hydrogen-bond donors (Lipinski definition) is 2. The molecule has 10 heteroatoms. The number of nitrogens with zero attached hydrogens (tertiary/aromatic N) is 2. The summed E-state index contributed by atoms with van der Waals surface area (Å²) in [6, 6.07) is 12.1. The van der Waals surface area contributed by atoms with Gasteiger partial charge in [0.25, 0.3) is 5.56 Å². The largest absolute Gasteiger partial charge is 0.449 e. The summed E-state index contributed by atoms with van der Waals surface area (Å²) in [4.78, 5) is 52.4. The van der Waals surface area contributed by atoms with Gasteiger partial charge in [-0.2, -0.15) is 0 Å². The summed E-state index contributed by atoms with van der Waals surface area (Å²) in [5.74, 6) is -0.950. The Bertz CT molecular complexity index is 1610. The summed E-state index contributed by atoms with van der Waals surface area (Å²) >= 11 is 6.25. The second-order valence-electron chi connectivity index (χ2n) is 9.12. The molecule has 1 saturated carbocycles. The summed E-state index contributed by atoms with van der Waals surface area (Å²) in [5.41, 5.74) is 0.357. The number of aryl methyl sites for hydroxylation is 1. The van der Waals surface area contributed by atoms with Crippen molar-refractivity contribution >= 4 is 51.2 Å². The number of anilines is 1. The van der Waals surface area contributed by atoms with Gasteiger partial charge in [-0.25, -0.2) is 9.36 Å². The fourth-order valence-corrected chi connectivity index (χ4v) is 5.01. The lowest BCUT2D eigenvalue weighted by Gasteiger charge is -2.14. The van der Waals surface area contributed by atoms with Crippen molar-refractivity contribution in [2.75, 3.05) is 5.32 Å². The Hall–Kier alpha value is -3.85. The van der Waals surface area contributed by atoms with Crippen molar-refractivity contribution < 1.29 is 14.0 Å². The van der Waals surface area contributed by atoms with Crippen LogP contribution in [0.5, 0.6) is 0 Å². The molecule has 2 N–H and O–H groups in total. The van der Waals surface area contributed by atoms with E-state index in [4.69, 9.17) is 16.0 Å². The van der Waals surface area contributed by atoms with Crippen LogP contribution < -0.4 is 21.9 Å². The van der Waals surface area contributed by atoms with E-state index >= 15 is 0 Å². The van der Waals surface area contributed by atoms with E-state index in [1.54, 1.807) is 42.5 Å². The Kier molecular flexibility index (Phi) is 6.40. The topological polar surface area (TPSA) is 115 Å². The summed E-state index contributed by atoms with van der Waals surface area (Å²) in [6.45, 7) is 1.00. The number of furan rings is 1. The first-order chi connectivity index (χ1) is 17.3. The van der Waals surface area contributed by atoms with Crippen LogP contribution in [0.1, 0.15) is 31.2 Å². The molecule has 9 nitrogen and oxygen atoms in total. The van der Waals surface area contributed by atoms with Crippen LogP contribution in [0.2, 0.25) is 5.02 Å². The van der Waals surface area contributed by atoms with E-state index in [2.05, 4.69) is 10.6 Å². The quantitative estimate of drug-likeness (QED) is 0.413. The predicted octanol–water partition coefficient (Wildman–Crippen LogP) is 3.57. The van der Waals surface area contributed by atoms with E-state index in [-0.39, 0.29) is 17.1 Å². The Labute approximate surface area is 210 Å². The number of amides is 2. The highest BCUT2D eigenvalue weighted by atomic mass is 35.5. The molecule has 1 aliphatic carbocycles. The standard InChI is InChI=1S/C26H25ClN4O5/c1-15-10-11-19(18(27)12-15)29-22(33)13-30-23-17-8-4-5-9-20(17)36-24(23)25(34)31(26(30)35)14-21(32)28-16-6-2-3-7-16/h4-5,8-12,16H,2-3,6-7,13-14H2,1H3,(H,28,32)(H,29,33). The molecule has 1 fully saturated rings. The van der Waals surface area contributed by atoms with Crippen molar-refractivity contribution in [3.63, 3.8) is 0 Å². The van der Waals surface area contributed by atoms with Crippen molar-refractivity contribution in [2.45, 2.75) is 51.7 Å². The minimum atomic E-state index is -0.772. The Morgan fingerprint density at radius 2 is 1.75 bits per heavy atom. The molecule has 2 amide bonds. The number of hydrogen-bond acceptors (Lipinski definition) is 5. The number of aromatic nitrogens is 2. The van der Waals surface area contributed by atoms with Gasteiger partial charge in [-0.1, -0.05) is 42.6 Å². The van der Waals surface area contributed by atoms with Gasteiger partial charge < -0.3 is 15.1 Å². The van der Waals surface area contributed by atoms with Crippen molar-refractivity contribution in [1.29, 1.82) is 0 Å². The van der Waals surface area contributed by atoms with Gasteiger partial charge in [-0.3, -0.25) is 19.0 Å². The van der Waals surface area contributed by atoms with Gasteiger partial charge in [0.2, 0.25) is 17.4 Å². The molecular formula is C26H25ClN4O5. The fraction of sp³-hybridized carbons (Fsp3) is 0.308. The molecular weight excluding hydrogens is 484 g/mol. The van der Waals surface area contributed by atoms with E-state index in [0.29, 0.717) is 21.7 Å². The molecule has 0 atom stereocenters. The number of halogens is 1. The van der Waals surface area contributed by atoms with Gasteiger partial charge >= 0.3 is 5.69 Å². The molecule has 0 aliphatic heterocycles. The van der Waals surface area contributed by atoms with E-state index in [9.17, 15) is 19.2 Å². The molecule has 2 aromatic carbocycles. The molecule has 4 aromatic rings. The highest BCUT2D eigenvalue weighted by Gasteiger charge is 2.24. The lowest BCUT2D eigenvalue weighted by molar-refractivity contribution is -0.122. The Morgan fingerprint density at radius 3 is 2.50 bits per heavy atom. The lowest BCUT2D eigenvalue weighted by Crippen LogP contribution is -2.46. The van der Waals surface area contributed by atoms with Gasteiger partial charge in [0.05, 0.1) is 10.7 Å². The van der Waals surface area contributed by atoms with Crippen molar-refractivity contribution in [3.8, 4) is 0 Å². The van der Waals surface area contributed by atoms with Crippen LogP contribution in [0.15, 0.2) is 56.5 Å². The van der Waals surface area contributed by atoms with Crippen LogP contribution in [0.25, 0.3) is 22.1 Å². The molecule has 2 heterocycles. The van der Waals surface area contributed by atoms with Crippen LogP contribution >= 0.6 is 11.6 Å². The zero-order chi connectivity index (χ0) is 25.4. The van der Waals surface area contributed by atoms with Crippen LogP contribution in [0.4, 0.5) is 5.69 Å². The first kappa shape index (κ1) is 23.9. The number of carbonyl (C=O) groups is 2. The smallest absolute Gasteiger partial charge is 0.332 e. The fourth-order valence-electron chi connectivity index (χ4n) is 4.72. The summed E-state index contributed by atoms with van der Waals surface area (Å²) in [5, 5.41) is 6.48. The average molecular weight is 509 g/mol. The number of benzene rings is 2. The van der Waals surface area contributed by atoms with E-state index in [1.807, 2.05) is 6.92 Å². The van der Waals surface area contributed by atoms with Crippen LogP contribution in [-0.2, 0) is 22.7 Å². The number of fused-ring (bicyclic) bond motifs is 3. The Morgan fingerprint density at radius 1 is 1.03 bits per heavy atom. The zero-order valence-electron chi connectivity index (χ0n) is 19.7. The summed E-state index contributed by atoms with van der Waals surface area (Å²) in [6.07, 6.45) is 3.80. The first-order valence-electron chi connectivity index (χ1n) is 11.8. The third-order valence-corrected chi connectivity index (χ3v) is 6.78. The lowest BCUT2D eigenvalue weighted by atomic mass is 10.2. The van der Waals surface area contributed by atoms with E-state index < -0.39 is 36.2 Å². The third kappa shape index (κ3) is 4.54. The van der Waals surface area contributed by atoms with Crippen LogP contribution in [0, 0.1) is 6.92 Å². The molecule has 2 aromatic heterocycles. The normalized spacial score (nSPS) is 13.9. The highest BCUT2D eigenvalue weighted by Crippen LogP contribution is 2.26. The minimum Gasteiger partial charge on any atom is -0.449 e. The maximum Gasteiger partial charge on any atom is 0.332 e. The number of nitrogens with one attached hydrogen (secondary N) is 2. The second-order valence-corrected chi connectivity index (χ2v) is 9.52. The number of rotatable bonds is 6. The van der Waals surface area contributed by atoms with Gasteiger partial charge in [-0.05, 0) is 49.6 Å². The predicted molar refractivity (Wildman–Crippen MR) is 137 cm³/mol. The SMILES string of the molecule is Cc1ccc(NC(=O)Cn2c(=O)n(CC(=O)NC3CCCC3)c(=O)c3oc4ccccc4c32)c(Cl)c1. The second kappa shape index (κ2) is 9.66. The molecule has 1 aliphatic rings. The first-order valence-corrected chi connectivity index (χ1v) is 12.2. The zero-order valence-corrected chi connectivity index (χ0v) is 20.4. The van der Waals surface area contributed by atoms with E-state index in [0.717, 1.165) is 35.8 Å². The van der Waals surface area contributed by atoms with Crippen molar-refractivity contribution in [2.24, 2.45) is 0 Å². The molecule has 0 saturated heterocycles. The van der Waals surface area contributed by atoms with Crippen LogP contribution in [0.3, 0.4) is 0 Å². The Balaban J connectivity index is 1.56. The minimum absolute atomic E-state index is 0.0374. The summed E-state index contributed by atoms with van der Waals surface area (Å²) < 4.78 is 7.78. The molecule has 0 bridgehead atoms. The van der Waals surface area contributed by atoms with Crippen molar-refractivity contribution in [1.82, 2.24) is 14.5 Å². The number of para-hydroxylation sites is 1. The number of carbonyl (C=O) groups excluding carboxylic acids is 2. The van der Waals surface area contributed by atoms with Gasteiger partial charge in [-0.15, -0.1) is 0 Å². The monoisotopic (exact) mass is 508 g/mol. The maximum absolute atomic E-state index is 13.5. The third-order valence-electron chi connectivity index (χ3n) is 6.46. The molecule has 0 radical (unpaired) electrons. The molecule has 5 rings (SSSR count). The van der Waals surface area contributed by atoms with Crippen LogP contribution in [-0.4, -0.2) is 27.0 Å². The van der Waals surface area contributed by atoms with Gasteiger partial charge in [0, 0.05) is 11.4 Å². The van der Waals surface area contributed by atoms with Gasteiger partial charge in [0.15, 0.2) is 0 Å².